The average Bonchev–Trinajstić information content (AvgIpc) is 3.48. The maximum absolute atomic E-state index is 5.17. The van der Waals surface area contributed by atoms with E-state index in [4.69, 9.17) is 15.0 Å². The number of benzene rings is 9. The molecule has 0 unspecified atom stereocenters. The maximum Gasteiger partial charge on any atom is 0.164 e. The number of fused-ring (bicyclic) bond motifs is 10. The van der Waals surface area contributed by atoms with Gasteiger partial charge < -0.3 is 0 Å². The van der Waals surface area contributed by atoms with E-state index in [0.29, 0.717) is 17.5 Å². The normalized spacial score (nSPS) is 13.1. The van der Waals surface area contributed by atoms with Gasteiger partial charge in [-0.3, -0.25) is 0 Å². The van der Waals surface area contributed by atoms with Gasteiger partial charge in [0.05, 0.1) is 0 Å². The van der Waals surface area contributed by atoms with Crippen LogP contribution in [0.15, 0.2) is 176 Å². The molecule has 11 rings (SSSR count). The summed E-state index contributed by atoms with van der Waals surface area (Å²) in [5, 5.41) is 10.1. The van der Waals surface area contributed by atoms with Crippen LogP contribution in [-0.4, -0.2) is 15.0 Å². The van der Waals surface area contributed by atoms with Gasteiger partial charge in [0.15, 0.2) is 17.5 Å². The maximum atomic E-state index is 5.17. The standard InChI is InChI=1S/C52H35N3/c1-52(2)46-18-9-8-17-43(46)44-27-24-39(31-47(44)52)51-54-49(34-12-4-3-5-13-34)53-50(55-51)38-15-10-14-35(30-38)36-23-25-41-37(29-36)20-19-33-22-26-42-40-16-7-6-11-32(40)21-28-45(42)48(33)41/h3-31H,1-2H3. The third kappa shape index (κ3) is 5.01. The number of nitrogens with zero attached hydrogens (tertiary/aromatic N) is 3. The fourth-order valence-corrected chi connectivity index (χ4v) is 8.86. The molecule has 0 fully saturated rings. The number of hydrogen-bond donors (Lipinski definition) is 0. The van der Waals surface area contributed by atoms with Crippen molar-refractivity contribution < 1.29 is 0 Å². The lowest BCUT2D eigenvalue weighted by molar-refractivity contribution is 0.660. The minimum Gasteiger partial charge on any atom is -0.208 e. The molecule has 0 aliphatic heterocycles. The van der Waals surface area contributed by atoms with Crippen molar-refractivity contribution in [3.63, 3.8) is 0 Å². The van der Waals surface area contributed by atoms with E-state index in [-0.39, 0.29) is 5.41 Å². The van der Waals surface area contributed by atoms with Crippen LogP contribution in [0, 0.1) is 0 Å². The van der Waals surface area contributed by atoms with E-state index in [1.165, 1.54) is 65.3 Å². The van der Waals surface area contributed by atoms with Gasteiger partial charge in [0.2, 0.25) is 0 Å². The van der Waals surface area contributed by atoms with Crippen LogP contribution in [0.4, 0.5) is 0 Å². The summed E-state index contributed by atoms with van der Waals surface area (Å²) in [7, 11) is 0. The lowest BCUT2D eigenvalue weighted by atomic mass is 9.82. The molecule has 1 aromatic heterocycles. The molecule has 0 bridgehead atoms. The van der Waals surface area contributed by atoms with Crippen molar-refractivity contribution >= 4 is 43.1 Å². The molecule has 0 amide bonds. The van der Waals surface area contributed by atoms with Gasteiger partial charge in [0.25, 0.3) is 0 Å². The highest BCUT2D eigenvalue weighted by Crippen LogP contribution is 2.49. The minimum atomic E-state index is -0.123. The molecule has 0 atom stereocenters. The number of hydrogen-bond acceptors (Lipinski definition) is 3. The smallest absolute Gasteiger partial charge is 0.164 e. The largest absolute Gasteiger partial charge is 0.208 e. The Morgan fingerprint density at radius 2 is 0.909 bits per heavy atom. The Morgan fingerprint density at radius 3 is 1.78 bits per heavy atom. The summed E-state index contributed by atoms with van der Waals surface area (Å²) in [5.74, 6) is 1.98. The quantitative estimate of drug-likeness (QED) is 0.171. The Labute approximate surface area is 319 Å². The molecule has 1 heterocycles. The summed E-state index contributed by atoms with van der Waals surface area (Å²) < 4.78 is 0. The topological polar surface area (TPSA) is 38.7 Å². The first-order valence-corrected chi connectivity index (χ1v) is 18.9. The van der Waals surface area contributed by atoms with Crippen molar-refractivity contribution in [2.45, 2.75) is 19.3 Å². The predicted octanol–water partition coefficient (Wildman–Crippen LogP) is 13.5. The molecular formula is C52H35N3. The Hall–Kier alpha value is -6.97. The van der Waals surface area contributed by atoms with Crippen LogP contribution < -0.4 is 0 Å². The molecule has 1 aliphatic rings. The van der Waals surface area contributed by atoms with E-state index in [2.05, 4.69) is 172 Å². The Kier molecular flexibility index (Phi) is 6.90. The summed E-state index contributed by atoms with van der Waals surface area (Å²) in [5.41, 5.74) is 10.3. The molecule has 3 heteroatoms. The lowest BCUT2D eigenvalue weighted by Gasteiger charge is -2.21. The van der Waals surface area contributed by atoms with E-state index in [0.717, 1.165) is 27.8 Å². The van der Waals surface area contributed by atoms with Crippen molar-refractivity contribution in [1.29, 1.82) is 0 Å². The lowest BCUT2D eigenvalue weighted by Crippen LogP contribution is -2.15. The van der Waals surface area contributed by atoms with Crippen LogP contribution in [0.2, 0.25) is 0 Å². The van der Waals surface area contributed by atoms with Crippen molar-refractivity contribution in [3.05, 3.63) is 187 Å². The number of rotatable bonds is 4. The minimum absolute atomic E-state index is 0.123. The van der Waals surface area contributed by atoms with Gasteiger partial charge >= 0.3 is 0 Å². The average molecular weight is 702 g/mol. The van der Waals surface area contributed by atoms with Gasteiger partial charge in [0, 0.05) is 22.1 Å². The van der Waals surface area contributed by atoms with Gasteiger partial charge in [0.1, 0.15) is 0 Å². The van der Waals surface area contributed by atoms with Gasteiger partial charge in [-0.1, -0.05) is 172 Å². The summed E-state index contributed by atoms with van der Waals surface area (Å²) in [6.07, 6.45) is 0. The first-order chi connectivity index (χ1) is 27.0. The van der Waals surface area contributed by atoms with E-state index in [1.54, 1.807) is 0 Å². The highest BCUT2D eigenvalue weighted by Gasteiger charge is 2.35. The molecule has 3 nitrogen and oxygen atoms in total. The first kappa shape index (κ1) is 31.5. The number of aromatic nitrogens is 3. The molecular weight excluding hydrogens is 667 g/mol. The molecule has 9 aromatic carbocycles. The van der Waals surface area contributed by atoms with Crippen LogP contribution in [0.5, 0.6) is 0 Å². The zero-order valence-corrected chi connectivity index (χ0v) is 30.6. The third-order valence-corrected chi connectivity index (χ3v) is 11.7. The van der Waals surface area contributed by atoms with Gasteiger partial charge in [-0.25, -0.2) is 15.0 Å². The predicted molar refractivity (Wildman–Crippen MR) is 229 cm³/mol. The van der Waals surface area contributed by atoms with Gasteiger partial charge in [-0.05, 0) is 94.7 Å². The second kappa shape index (κ2) is 12.0. The third-order valence-electron chi connectivity index (χ3n) is 11.7. The van der Waals surface area contributed by atoms with Crippen LogP contribution >= 0.6 is 0 Å². The summed E-state index contributed by atoms with van der Waals surface area (Å²) in [6, 6.07) is 63.3. The highest BCUT2D eigenvalue weighted by atomic mass is 15.0. The summed E-state index contributed by atoms with van der Waals surface area (Å²) >= 11 is 0. The monoisotopic (exact) mass is 701 g/mol. The fraction of sp³-hybridized carbons (Fsp3) is 0.0577. The van der Waals surface area contributed by atoms with E-state index < -0.39 is 0 Å². The molecule has 0 saturated carbocycles. The van der Waals surface area contributed by atoms with Crippen LogP contribution in [0.3, 0.4) is 0 Å². The van der Waals surface area contributed by atoms with Crippen LogP contribution in [-0.2, 0) is 5.41 Å². The van der Waals surface area contributed by atoms with Crippen molar-refractivity contribution in [2.24, 2.45) is 0 Å². The van der Waals surface area contributed by atoms with E-state index in [9.17, 15) is 0 Å². The second-order valence-electron chi connectivity index (χ2n) is 15.2. The van der Waals surface area contributed by atoms with E-state index in [1.807, 2.05) is 18.2 Å². The summed E-state index contributed by atoms with van der Waals surface area (Å²) in [6.45, 7) is 4.61. The van der Waals surface area contributed by atoms with Crippen LogP contribution in [0.1, 0.15) is 25.0 Å². The molecule has 0 spiro atoms. The van der Waals surface area contributed by atoms with Crippen molar-refractivity contribution in [2.75, 3.05) is 0 Å². The molecule has 0 saturated heterocycles. The van der Waals surface area contributed by atoms with Crippen molar-refractivity contribution in [1.82, 2.24) is 15.0 Å². The second-order valence-corrected chi connectivity index (χ2v) is 15.2. The first-order valence-electron chi connectivity index (χ1n) is 18.9. The fourth-order valence-electron chi connectivity index (χ4n) is 8.86. The molecule has 0 N–H and O–H groups in total. The van der Waals surface area contributed by atoms with Crippen LogP contribution in [0.25, 0.3) is 99.5 Å². The van der Waals surface area contributed by atoms with E-state index >= 15 is 0 Å². The Bertz CT molecular complexity index is 3180. The molecule has 10 aromatic rings. The van der Waals surface area contributed by atoms with Crippen molar-refractivity contribution in [3.8, 4) is 56.4 Å². The molecule has 55 heavy (non-hydrogen) atoms. The zero-order valence-electron chi connectivity index (χ0n) is 30.6. The van der Waals surface area contributed by atoms with Gasteiger partial charge in [-0.2, -0.15) is 0 Å². The SMILES string of the molecule is CC1(C)c2ccccc2-c2ccc(-c3nc(-c4ccccc4)nc(-c4cccc(-c5ccc6c(ccc7ccc8c9ccccc9ccc8c76)c5)c4)n3)cc21. The molecule has 258 valence electrons. The highest BCUT2D eigenvalue weighted by molar-refractivity contribution is 6.24. The molecule has 0 radical (unpaired) electrons. The molecule has 1 aliphatic carbocycles. The zero-order chi connectivity index (χ0) is 36.7. The summed E-state index contributed by atoms with van der Waals surface area (Å²) in [4.78, 5) is 15.3. The Balaban J connectivity index is 1.03. The Morgan fingerprint density at radius 1 is 0.327 bits per heavy atom. The van der Waals surface area contributed by atoms with Gasteiger partial charge in [-0.15, -0.1) is 0 Å².